The third-order valence-electron chi connectivity index (χ3n) is 13.3. The van der Waals surface area contributed by atoms with Gasteiger partial charge in [-0.3, -0.25) is 49.0 Å². The molecule has 12 nitrogen and oxygen atoms in total. The molecule has 5 amide bonds. The Kier molecular flexibility index (Phi) is 9.82. The SMILES string of the molecule is C[C@@H]1Cc2c([nH]c3ccccc23)[C@@H](c2c(F)cc(-c3ccc(C(=O)N4CCC(N5Cc6cc7c(cc6C5)C(=O)N(C5CCC(=O)NC5=O)C7=O)CC4)cn3)cc2F)N1CC(F)F. The van der Waals surface area contributed by atoms with Crippen molar-refractivity contribution in [3.8, 4) is 11.3 Å². The summed E-state index contributed by atoms with van der Waals surface area (Å²) in [5.74, 6) is -4.17. The fourth-order valence-electron chi connectivity index (χ4n) is 10.2. The molecular formula is C46H41F4N7O5. The number of para-hydroxylation sites is 1. The fraction of sp³-hybridized carbons (Fsp3) is 0.348. The third-order valence-corrected chi connectivity index (χ3v) is 13.3. The van der Waals surface area contributed by atoms with E-state index in [1.54, 1.807) is 30.0 Å². The van der Waals surface area contributed by atoms with Crippen LogP contribution in [0.15, 0.2) is 66.9 Å². The van der Waals surface area contributed by atoms with Crippen molar-refractivity contribution < 1.29 is 41.5 Å². The van der Waals surface area contributed by atoms with E-state index in [0.717, 1.165) is 44.6 Å². The van der Waals surface area contributed by atoms with Gasteiger partial charge in [-0.05, 0) is 91.8 Å². The van der Waals surface area contributed by atoms with E-state index in [1.165, 1.54) is 17.2 Å². The van der Waals surface area contributed by atoms with Crippen LogP contribution in [0.2, 0.25) is 0 Å². The second-order valence-electron chi connectivity index (χ2n) is 16.9. The van der Waals surface area contributed by atoms with Crippen LogP contribution in [0.4, 0.5) is 17.6 Å². The first kappa shape index (κ1) is 39.9. The summed E-state index contributed by atoms with van der Waals surface area (Å²) < 4.78 is 60.2. The number of carbonyl (C=O) groups is 5. The first-order chi connectivity index (χ1) is 29.8. The summed E-state index contributed by atoms with van der Waals surface area (Å²) in [6.07, 6.45) is 0.622. The van der Waals surface area contributed by atoms with Crippen molar-refractivity contribution in [2.24, 2.45) is 0 Å². The Labute approximate surface area is 352 Å². The molecule has 2 aromatic heterocycles. The first-order valence-corrected chi connectivity index (χ1v) is 20.8. The van der Waals surface area contributed by atoms with E-state index in [9.17, 15) is 32.8 Å². The lowest BCUT2D eigenvalue weighted by atomic mass is 9.87. The molecule has 0 aliphatic carbocycles. The summed E-state index contributed by atoms with van der Waals surface area (Å²) in [6, 6.07) is 14.0. The number of benzene rings is 3. The van der Waals surface area contributed by atoms with E-state index >= 15 is 8.78 Å². The van der Waals surface area contributed by atoms with Gasteiger partial charge >= 0.3 is 0 Å². The van der Waals surface area contributed by atoms with Crippen molar-refractivity contribution in [1.82, 2.24) is 34.9 Å². The minimum absolute atomic E-state index is 0.0496. The number of carbonyl (C=O) groups excluding carboxylic acids is 5. The number of likely N-dealkylation sites (tertiary alicyclic amines) is 1. The molecule has 5 aliphatic rings. The Hall–Kier alpha value is -6.26. The molecule has 5 aliphatic heterocycles. The van der Waals surface area contributed by atoms with Crippen molar-refractivity contribution in [2.75, 3.05) is 19.6 Å². The maximum absolute atomic E-state index is 16.2. The molecule has 0 bridgehead atoms. The molecule has 0 saturated carbocycles. The number of H-pyrrole nitrogens is 1. The minimum Gasteiger partial charge on any atom is -0.357 e. The smallest absolute Gasteiger partial charge is 0.262 e. The zero-order valence-corrected chi connectivity index (χ0v) is 33.6. The number of hydrogen-bond acceptors (Lipinski definition) is 8. The quantitative estimate of drug-likeness (QED) is 0.148. The molecule has 2 saturated heterocycles. The fourth-order valence-corrected chi connectivity index (χ4v) is 10.2. The lowest BCUT2D eigenvalue weighted by Gasteiger charge is -2.41. The Morgan fingerprint density at radius 3 is 2.19 bits per heavy atom. The number of nitrogens with zero attached hydrogens (tertiary/aromatic N) is 5. The predicted octanol–water partition coefficient (Wildman–Crippen LogP) is 6.13. The number of nitrogens with one attached hydrogen (secondary N) is 2. The van der Waals surface area contributed by atoms with Crippen LogP contribution in [0, 0.1) is 11.6 Å². The van der Waals surface area contributed by atoms with Crippen molar-refractivity contribution in [1.29, 1.82) is 0 Å². The van der Waals surface area contributed by atoms with Gasteiger partial charge in [0.2, 0.25) is 11.8 Å². The van der Waals surface area contributed by atoms with Gasteiger partial charge < -0.3 is 9.88 Å². The Morgan fingerprint density at radius 2 is 1.56 bits per heavy atom. The van der Waals surface area contributed by atoms with Crippen molar-refractivity contribution in [3.63, 3.8) is 0 Å². The van der Waals surface area contributed by atoms with Gasteiger partial charge in [-0.1, -0.05) is 18.2 Å². The summed E-state index contributed by atoms with van der Waals surface area (Å²) in [5, 5.41) is 3.10. The van der Waals surface area contributed by atoms with Gasteiger partial charge in [-0.15, -0.1) is 0 Å². The van der Waals surface area contributed by atoms with E-state index in [1.807, 2.05) is 24.3 Å². The molecule has 318 valence electrons. The minimum atomic E-state index is -2.72. The molecule has 3 atom stereocenters. The summed E-state index contributed by atoms with van der Waals surface area (Å²) in [7, 11) is 0. The Bertz CT molecular complexity index is 2650. The van der Waals surface area contributed by atoms with Crippen LogP contribution in [0.3, 0.4) is 0 Å². The van der Waals surface area contributed by atoms with Crippen LogP contribution < -0.4 is 5.32 Å². The van der Waals surface area contributed by atoms with Crippen LogP contribution >= 0.6 is 0 Å². The topological polar surface area (TPSA) is 139 Å². The average Bonchev–Trinajstić information content (AvgIpc) is 3.92. The van der Waals surface area contributed by atoms with Crippen LogP contribution in [-0.4, -0.2) is 103 Å². The molecule has 1 unspecified atom stereocenters. The lowest BCUT2D eigenvalue weighted by molar-refractivity contribution is -0.136. The monoisotopic (exact) mass is 847 g/mol. The maximum atomic E-state index is 16.2. The number of piperidine rings is 2. The number of alkyl halides is 2. The van der Waals surface area contributed by atoms with Gasteiger partial charge in [0.15, 0.2) is 0 Å². The van der Waals surface area contributed by atoms with Gasteiger partial charge in [-0.2, -0.15) is 0 Å². The summed E-state index contributed by atoms with van der Waals surface area (Å²) in [4.78, 5) is 78.5. The van der Waals surface area contributed by atoms with Crippen molar-refractivity contribution in [3.05, 3.63) is 123 Å². The van der Waals surface area contributed by atoms with Gasteiger partial charge in [0.1, 0.15) is 17.7 Å². The van der Waals surface area contributed by atoms with E-state index in [-0.39, 0.29) is 52.7 Å². The third kappa shape index (κ3) is 6.67. The molecule has 62 heavy (non-hydrogen) atoms. The van der Waals surface area contributed by atoms with E-state index in [4.69, 9.17) is 0 Å². The van der Waals surface area contributed by atoms with Gasteiger partial charge in [-0.25, -0.2) is 17.6 Å². The highest BCUT2D eigenvalue weighted by atomic mass is 19.3. The normalized spacial score (nSPS) is 22.1. The van der Waals surface area contributed by atoms with Gasteiger partial charge in [0, 0.05) is 78.6 Å². The lowest BCUT2D eigenvalue weighted by Crippen LogP contribution is -2.54. The van der Waals surface area contributed by atoms with Crippen LogP contribution in [-0.2, 0) is 29.1 Å². The number of imide groups is 2. The Morgan fingerprint density at radius 1 is 0.887 bits per heavy atom. The molecule has 2 N–H and O–H groups in total. The Balaban J connectivity index is 0.799. The predicted molar refractivity (Wildman–Crippen MR) is 217 cm³/mol. The van der Waals surface area contributed by atoms with Gasteiger partial charge in [0.25, 0.3) is 24.1 Å². The molecule has 3 aromatic carbocycles. The zero-order valence-electron chi connectivity index (χ0n) is 33.6. The summed E-state index contributed by atoms with van der Waals surface area (Å²) >= 11 is 0. The van der Waals surface area contributed by atoms with E-state index in [2.05, 4.69) is 20.2 Å². The van der Waals surface area contributed by atoms with Crippen molar-refractivity contribution >= 4 is 40.4 Å². The molecule has 2 fully saturated rings. The number of fused-ring (bicyclic) bond motifs is 5. The summed E-state index contributed by atoms with van der Waals surface area (Å²) in [5.41, 5.74) is 4.84. The summed E-state index contributed by atoms with van der Waals surface area (Å²) in [6.45, 7) is 3.20. The zero-order chi connectivity index (χ0) is 43.1. The number of pyridine rings is 1. The van der Waals surface area contributed by atoms with Crippen LogP contribution in [0.1, 0.15) is 97.7 Å². The highest BCUT2D eigenvalue weighted by Crippen LogP contribution is 2.43. The standard InChI is InChI=1S/C46H41F4N7O5/c1-23-14-30-29-4-2-3-5-36(29)52-41(30)42(56(23)22-38(49)50)40-33(47)17-25(18-34(40)48)35-7-6-24(19-51-35)44(60)54-12-10-28(11-13-54)55-20-26-15-31-32(16-27(26)21-55)46(62)57(45(31)61)37-8-9-39(58)53-43(37)59/h2-7,15-19,23,28,37-38,42,52H,8-14,20-22H2,1H3,(H,53,58,59)/t23-,37?,42-/m1/s1. The highest BCUT2D eigenvalue weighted by molar-refractivity contribution is 6.23. The number of aromatic nitrogens is 2. The second-order valence-corrected chi connectivity index (χ2v) is 16.9. The second kappa shape index (κ2) is 15.3. The van der Waals surface area contributed by atoms with Crippen LogP contribution in [0.25, 0.3) is 22.2 Å². The average molecular weight is 848 g/mol. The van der Waals surface area contributed by atoms with Crippen LogP contribution in [0.5, 0.6) is 0 Å². The first-order valence-electron chi connectivity index (χ1n) is 20.8. The number of amides is 5. The highest BCUT2D eigenvalue weighted by Gasteiger charge is 2.46. The molecule has 16 heteroatoms. The van der Waals surface area contributed by atoms with Crippen molar-refractivity contribution in [2.45, 2.75) is 82.7 Å². The number of hydrogen-bond donors (Lipinski definition) is 2. The maximum Gasteiger partial charge on any atom is 0.262 e. The molecule has 5 aromatic rings. The van der Waals surface area contributed by atoms with Gasteiger partial charge in [0.05, 0.1) is 35.0 Å². The van der Waals surface area contributed by atoms with E-state index in [0.29, 0.717) is 56.7 Å². The molecule has 10 rings (SSSR count). The molecule has 7 heterocycles. The molecule has 0 radical (unpaired) electrons. The largest absolute Gasteiger partial charge is 0.357 e. The number of aromatic amines is 1. The van der Waals surface area contributed by atoms with E-state index < -0.39 is 66.4 Å². The molecule has 0 spiro atoms. The molecular weight excluding hydrogens is 807 g/mol. The number of rotatable bonds is 7. The number of halogens is 4.